The second-order valence-electron chi connectivity index (χ2n) is 4.70. The van der Waals surface area contributed by atoms with Crippen molar-refractivity contribution in [2.45, 2.75) is 6.92 Å². The van der Waals surface area contributed by atoms with Gasteiger partial charge in [-0.05, 0) is 35.0 Å². The number of rotatable bonds is 3. The molecule has 0 unspecified atom stereocenters. The Morgan fingerprint density at radius 1 is 1.48 bits per heavy atom. The summed E-state index contributed by atoms with van der Waals surface area (Å²) >= 11 is 3.46. The van der Waals surface area contributed by atoms with Crippen molar-refractivity contribution in [2.75, 3.05) is 37.8 Å². The topological polar surface area (TPSA) is 67.5 Å². The molecule has 0 atom stereocenters. The van der Waals surface area contributed by atoms with Gasteiger partial charge in [-0.25, -0.2) is 9.78 Å². The number of halogens is 1. The molecule has 1 N–H and O–H groups in total. The van der Waals surface area contributed by atoms with Crippen molar-refractivity contribution >= 4 is 38.9 Å². The molecule has 0 spiro atoms. The molecule has 3 rings (SSSR count). The van der Waals surface area contributed by atoms with E-state index in [0.717, 1.165) is 30.1 Å². The first-order chi connectivity index (χ1) is 10.2. The highest BCUT2D eigenvalue weighted by Crippen LogP contribution is 2.29. The molecule has 1 aliphatic rings. The summed E-state index contributed by atoms with van der Waals surface area (Å²) in [5.41, 5.74) is 2.11. The van der Waals surface area contributed by atoms with E-state index in [1.807, 2.05) is 6.07 Å². The average molecular weight is 354 g/mol. The number of nitrogens with one attached hydrogen (secondary N) is 1. The summed E-state index contributed by atoms with van der Waals surface area (Å²) < 4.78 is 11.1. The number of aromatic amines is 1. The van der Waals surface area contributed by atoms with E-state index < -0.39 is 0 Å². The largest absolute Gasteiger partial charge is 0.462 e. The number of morpholine rings is 1. The van der Waals surface area contributed by atoms with Gasteiger partial charge in [0.2, 0.25) is 5.95 Å². The monoisotopic (exact) mass is 353 g/mol. The highest BCUT2D eigenvalue weighted by atomic mass is 79.9. The van der Waals surface area contributed by atoms with Crippen LogP contribution in [0.3, 0.4) is 0 Å². The number of hydrogen-bond donors (Lipinski definition) is 1. The first-order valence-corrected chi connectivity index (χ1v) is 7.68. The molecule has 0 aliphatic carbocycles. The number of carbonyl (C=O) groups is 1. The zero-order valence-electron chi connectivity index (χ0n) is 11.7. The Bertz CT molecular complexity index is 665. The first-order valence-electron chi connectivity index (χ1n) is 6.88. The molecule has 112 valence electrons. The van der Waals surface area contributed by atoms with Crippen LogP contribution in [0.2, 0.25) is 0 Å². The lowest BCUT2D eigenvalue weighted by Gasteiger charge is -2.26. The lowest BCUT2D eigenvalue weighted by atomic mass is 10.2. The molecule has 2 aromatic rings. The summed E-state index contributed by atoms with van der Waals surface area (Å²) in [6, 6.07) is 3.59. The molecule has 0 bridgehead atoms. The number of nitrogens with zero attached hydrogens (tertiary/aromatic N) is 2. The average Bonchev–Trinajstić information content (AvgIpc) is 2.94. The maximum absolute atomic E-state index is 11.9. The molecule has 1 aromatic carbocycles. The van der Waals surface area contributed by atoms with Crippen molar-refractivity contribution in [2.24, 2.45) is 0 Å². The maximum Gasteiger partial charge on any atom is 0.339 e. The van der Waals surface area contributed by atoms with Gasteiger partial charge < -0.3 is 19.4 Å². The fourth-order valence-corrected chi connectivity index (χ4v) is 2.92. The minimum Gasteiger partial charge on any atom is -0.462 e. The van der Waals surface area contributed by atoms with Crippen molar-refractivity contribution in [3.63, 3.8) is 0 Å². The van der Waals surface area contributed by atoms with Gasteiger partial charge in [-0.1, -0.05) is 0 Å². The van der Waals surface area contributed by atoms with Crippen molar-refractivity contribution in [3.05, 3.63) is 22.2 Å². The molecule has 1 fully saturated rings. The molecule has 0 radical (unpaired) electrons. The molecule has 1 aliphatic heterocycles. The summed E-state index contributed by atoms with van der Waals surface area (Å²) in [5, 5.41) is 0. The van der Waals surface area contributed by atoms with Crippen LogP contribution in [0.4, 0.5) is 5.95 Å². The van der Waals surface area contributed by atoms with Gasteiger partial charge in [-0.2, -0.15) is 0 Å². The number of imidazole rings is 1. The fourth-order valence-electron chi connectivity index (χ4n) is 2.32. The highest BCUT2D eigenvalue weighted by Gasteiger charge is 2.19. The number of esters is 1. The third-order valence-electron chi connectivity index (χ3n) is 3.39. The third kappa shape index (κ3) is 2.75. The predicted octanol–water partition coefficient (Wildman–Crippen LogP) is 2.34. The molecular weight excluding hydrogens is 338 g/mol. The highest BCUT2D eigenvalue weighted by molar-refractivity contribution is 9.10. The van der Waals surface area contributed by atoms with E-state index in [4.69, 9.17) is 9.47 Å². The Labute approximate surface area is 130 Å². The number of H-pyrrole nitrogens is 1. The zero-order valence-corrected chi connectivity index (χ0v) is 13.3. The van der Waals surface area contributed by atoms with Crippen LogP contribution in [0.25, 0.3) is 11.0 Å². The Kier molecular flexibility index (Phi) is 4.12. The van der Waals surface area contributed by atoms with Crippen molar-refractivity contribution in [1.82, 2.24) is 9.97 Å². The second-order valence-corrected chi connectivity index (χ2v) is 5.50. The van der Waals surface area contributed by atoms with Gasteiger partial charge in [0.05, 0.1) is 35.4 Å². The quantitative estimate of drug-likeness (QED) is 0.857. The molecule has 0 saturated carbocycles. The number of benzene rings is 1. The smallest absolute Gasteiger partial charge is 0.339 e. The van der Waals surface area contributed by atoms with Crippen LogP contribution in [0.1, 0.15) is 17.3 Å². The first kappa shape index (κ1) is 14.3. The van der Waals surface area contributed by atoms with Gasteiger partial charge >= 0.3 is 5.97 Å². The summed E-state index contributed by atoms with van der Waals surface area (Å²) in [4.78, 5) is 21.9. The number of fused-ring (bicyclic) bond motifs is 1. The lowest BCUT2D eigenvalue weighted by molar-refractivity contribution is 0.0525. The minimum absolute atomic E-state index is 0.345. The van der Waals surface area contributed by atoms with Crippen LogP contribution >= 0.6 is 15.9 Å². The number of ether oxygens (including phenoxy) is 2. The predicted molar refractivity (Wildman–Crippen MR) is 82.8 cm³/mol. The molecule has 0 amide bonds. The van der Waals surface area contributed by atoms with Crippen molar-refractivity contribution in [1.29, 1.82) is 0 Å². The Morgan fingerprint density at radius 3 is 2.95 bits per heavy atom. The van der Waals surface area contributed by atoms with Crippen LogP contribution in [0.5, 0.6) is 0 Å². The molecule has 1 aromatic heterocycles. The van der Waals surface area contributed by atoms with Crippen LogP contribution in [-0.2, 0) is 9.47 Å². The molecular formula is C14H16BrN3O3. The van der Waals surface area contributed by atoms with Crippen LogP contribution < -0.4 is 4.90 Å². The standard InChI is InChI=1S/C14H16BrN3O3/c1-2-21-13(19)9-3-4-10-12(11(9)15)17-14(16-10)18-5-7-20-8-6-18/h3-4H,2,5-8H2,1H3,(H,16,17). The Balaban J connectivity index is 1.97. The molecule has 7 heteroatoms. The van der Waals surface area contributed by atoms with Crippen molar-refractivity contribution in [3.8, 4) is 0 Å². The maximum atomic E-state index is 11.9. The SMILES string of the molecule is CCOC(=O)c1ccc2[nH]c(N3CCOCC3)nc2c1Br. The van der Waals surface area contributed by atoms with E-state index in [1.54, 1.807) is 13.0 Å². The van der Waals surface area contributed by atoms with E-state index in [-0.39, 0.29) is 5.97 Å². The summed E-state index contributed by atoms with van der Waals surface area (Å²) in [5.74, 6) is 0.456. The van der Waals surface area contributed by atoms with Gasteiger partial charge in [0, 0.05) is 13.1 Å². The third-order valence-corrected chi connectivity index (χ3v) is 4.19. The number of hydrogen-bond acceptors (Lipinski definition) is 5. The number of aromatic nitrogens is 2. The number of anilines is 1. The molecule has 1 saturated heterocycles. The Morgan fingerprint density at radius 2 is 2.24 bits per heavy atom. The van der Waals surface area contributed by atoms with Gasteiger partial charge in [-0.3, -0.25) is 0 Å². The summed E-state index contributed by atoms with van der Waals surface area (Å²) in [6.45, 7) is 5.15. The van der Waals surface area contributed by atoms with Gasteiger partial charge in [0.15, 0.2) is 0 Å². The molecule has 6 nitrogen and oxygen atoms in total. The van der Waals surface area contributed by atoms with Crippen molar-refractivity contribution < 1.29 is 14.3 Å². The van der Waals surface area contributed by atoms with E-state index in [1.165, 1.54) is 0 Å². The van der Waals surface area contributed by atoms with Crippen LogP contribution in [0, 0.1) is 0 Å². The van der Waals surface area contributed by atoms with Gasteiger partial charge in [-0.15, -0.1) is 0 Å². The second kappa shape index (κ2) is 6.03. The fraction of sp³-hybridized carbons (Fsp3) is 0.429. The van der Waals surface area contributed by atoms with Gasteiger partial charge in [0.1, 0.15) is 5.52 Å². The summed E-state index contributed by atoms with van der Waals surface area (Å²) in [7, 11) is 0. The Hall–Kier alpha value is -1.60. The summed E-state index contributed by atoms with van der Waals surface area (Å²) in [6.07, 6.45) is 0. The van der Waals surface area contributed by atoms with E-state index in [2.05, 4.69) is 30.8 Å². The lowest BCUT2D eigenvalue weighted by Crippen LogP contribution is -2.36. The van der Waals surface area contributed by atoms with Gasteiger partial charge in [0.25, 0.3) is 0 Å². The minimum atomic E-state index is -0.345. The van der Waals surface area contributed by atoms with Crippen LogP contribution in [-0.4, -0.2) is 48.8 Å². The zero-order chi connectivity index (χ0) is 14.8. The van der Waals surface area contributed by atoms with E-state index in [0.29, 0.717) is 29.9 Å². The molecule has 2 heterocycles. The normalized spacial score (nSPS) is 15.4. The van der Waals surface area contributed by atoms with E-state index in [9.17, 15) is 4.79 Å². The van der Waals surface area contributed by atoms with Crippen LogP contribution in [0.15, 0.2) is 16.6 Å². The number of carbonyl (C=O) groups excluding carboxylic acids is 1. The molecule has 21 heavy (non-hydrogen) atoms. The van der Waals surface area contributed by atoms with E-state index >= 15 is 0 Å².